The van der Waals surface area contributed by atoms with Gasteiger partial charge in [0.2, 0.25) is 0 Å². The average Bonchev–Trinajstić information content (AvgIpc) is 2.50. The summed E-state index contributed by atoms with van der Waals surface area (Å²) in [6.45, 7) is 6.94. The summed E-state index contributed by atoms with van der Waals surface area (Å²) in [5, 5.41) is 15.6. The fraction of sp³-hybridized carbons (Fsp3) is 0.588. The van der Waals surface area contributed by atoms with Crippen LogP contribution in [0.2, 0.25) is 0 Å². The van der Waals surface area contributed by atoms with Crippen LogP contribution in [0.25, 0.3) is 0 Å². The van der Waals surface area contributed by atoms with Crippen LogP contribution >= 0.6 is 0 Å². The summed E-state index contributed by atoms with van der Waals surface area (Å²) in [5.74, 6) is 0. The van der Waals surface area contributed by atoms with E-state index in [-0.39, 0.29) is 12.6 Å². The molecule has 2 amide bonds. The maximum atomic E-state index is 11.9. The zero-order valence-corrected chi connectivity index (χ0v) is 13.6. The largest absolute Gasteiger partial charge is 0.390 e. The first kappa shape index (κ1) is 16.8. The van der Waals surface area contributed by atoms with E-state index in [0.717, 1.165) is 29.9 Å². The number of amides is 2. The Labute approximate surface area is 132 Å². The number of β-amino-alcohol motifs (C(OH)–C–C–N with tert-alkyl or cyclic N) is 1. The monoisotopic (exact) mass is 305 g/mol. The van der Waals surface area contributed by atoms with E-state index in [1.807, 2.05) is 32.0 Å². The predicted molar refractivity (Wildman–Crippen MR) is 89.2 cm³/mol. The topological polar surface area (TPSA) is 64.6 Å². The molecule has 1 atom stereocenters. The van der Waals surface area contributed by atoms with E-state index >= 15 is 0 Å². The first-order chi connectivity index (χ1) is 10.5. The Kier molecular flexibility index (Phi) is 6.21. The molecule has 0 radical (unpaired) electrons. The molecule has 22 heavy (non-hydrogen) atoms. The number of benzene rings is 1. The van der Waals surface area contributed by atoms with Crippen molar-refractivity contribution in [1.82, 2.24) is 10.2 Å². The van der Waals surface area contributed by atoms with Gasteiger partial charge in [-0.05, 0) is 57.0 Å². The van der Waals surface area contributed by atoms with Gasteiger partial charge in [0.1, 0.15) is 0 Å². The number of piperidine rings is 1. The van der Waals surface area contributed by atoms with Gasteiger partial charge in [-0.2, -0.15) is 0 Å². The summed E-state index contributed by atoms with van der Waals surface area (Å²) in [6.07, 6.45) is 3.16. The van der Waals surface area contributed by atoms with Crippen molar-refractivity contribution in [3.8, 4) is 0 Å². The number of nitrogens with one attached hydrogen (secondary N) is 2. The number of nitrogens with zero attached hydrogens (tertiary/aromatic N) is 1. The second-order valence-corrected chi connectivity index (χ2v) is 6.17. The highest BCUT2D eigenvalue weighted by Crippen LogP contribution is 2.16. The van der Waals surface area contributed by atoms with Crippen molar-refractivity contribution in [2.24, 2.45) is 0 Å². The Bertz CT molecular complexity index is 499. The van der Waals surface area contributed by atoms with Crippen molar-refractivity contribution < 1.29 is 9.90 Å². The van der Waals surface area contributed by atoms with Crippen LogP contribution < -0.4 is 10.6 Å². The van der Waals surface area contributed by atoms with Crippen molar-refractivity contribution in [1.29, 1.82) is 0 Å². The van der Waals surface area contributed by atoms with Crippen LogP contribution in [0, 0.1) is 13.8 Å². The maximum Gasteiger partial charge on any atom is 0.319 e. The Morgan fingerprint density at radius 1 is 1.27 bits per heavy atom. The molecule has 1 aliphatic heterocycles. The Morgan fingerprint density at radius 2 is 2.00 bits per heavy atom. The van der Waals surface area contributed by atoms with E-state index in [1.165, 1.54) is 19.3 Å². The minimum atomic E-state index is -0.526. The van der Waals surface area contributed by atoms with E-state index in [9.17, 15) is 9.90 Å². The SMILES string of the molecule is Cc1ccc(C)c(NC(=O)NC[C@H](O)CN2CCCCC2)c1. The van der Waals surface area contributed by atoms with Gasteiger partial charge >= 0.3 is 6.03 Å². The number of likely N-dealkylation sites (tertiary alicyclic amines) is 1. The summed E-state index contributed by atoms with van der Waals surface area (Å²) in [5.41, 5.74) is 2.93. The fourth-order valence-corrected chi connectivity index (χ4v) is 2.75. The van der Waals surface area contributed by atoms with Gasteiger partial charge in [0.25, 0.3) is 0 Å². The Balaban J connectivity index is 1.73. The molecule has 0 unspecified atom stereocenters. The lowest BCUT2D eigenvalue weighted by Gasteiger charge is -2.28. The second-order valence-electron chi connectivity index (χ2n) is 6.17. The first-order valence-corrected chi connectivity index (χ1v) is 8.07. The van der Waals surface area contributed by atoms with Crippen LogP contribution in [0.1, 0.15) is 30.4 Å². The average molecular weight is 305 g/mol. The third-order valence-corrected chi connectivity index (χ3v) is 4.06. The van der Waals surface area contributed by atoms with E-state index in [2.05, 4.69) is 15.5 Å². The van der Waals surface area contributed by atoms with Crippen LogP contribution in [-0.2, 0) is 0 Å². The highest BCUT2D eigenvalue weighted by molar-refractivity contribution is 5.90. The number of aliphatic hydroxyl groups is 1. The summed E-state index contributed by atoms with van der Waals surface area (Å²) in [4.78, 5) is 14.2. The van der Waals surface area contributed by atoms with Crippen LogP contribution in [0.5, 0.6) is 0 Å². The van der Waals surface area contributed by atoms with Gasteiger partial charge in [0.05, 0.1) is 6.10 Å². The Hall–Kier alpha value is -1.59. The number of hydrogen-bond donors (Lipinski definition) is 3. The minimum Gasteiger partial charge on any atom is -0.390 e. The number of urea groups is 1. The van der Waals surface area contributed by atoms with Gasteiger partial charge in [-0.25, -0.2) is 4.79 Å². The normalized spacial score (nSPS) is 17.0. The predicted octanol–water partition coefficient (Wildman–Crippen LogP) is 2.27. The van der Waals surface area contributed by atoms with E-state index in [0.29, 0.717) is 6.54 Å². The van der Waals surface area contributed by atoms with Crippen molar-refractivity contribution in [2.75, 3.05) is 31.5 Å². The standard InChI is InChI=1S/C17H27N3O2/c1-13-6-7-14(2)16(10-13)19-17(22)18-11-15(21)12-20-8-4-3-5-9-20/h6-7,10,15,21H,3-5,8-9,11-12H2,1-2H3,(H2,18,19,22)/t15-/m0/s1. The fourth-order valence-electron chi connectivity index (χ4n) is 2.75. The highest BCUT2D eigenvalue weighted by atomic mass is 16.3. The quantitative estimate of drug-likeness (QED) is 0.782. The number of anilines is 1. The van der Waals surface area contributed by atoms with Crippen LogP contribution in [-0.4, -0.2) is 48.3 Å². The molecule has 5 nitrogen and oxygen atoms in total. The summed E-state index contributed by atoms with van der Waals surface area (Å²) in [7, 11) is 0. The molecular formula is C17H27N3O2. The van der Waals surface area contributed by atoms with Crippen LogP contribution in [0.15, 0.2) is 18.2 Å². The maximum absolute atomic E-state index is 11.9. The summed E-state index contributed by atoms with van der Waals surface area (Å²) < 4.78 is 0. The first-order valence-electron chi connectivity index (χ1n) is 8.07. The lowest BCUT2D eigenvalue weighted by Crippen LogP contribution is -2.43. The Morgan fingerprint density at radius 3 is 2.73 bits per heavy atom. The lowest BCUT2D eigenvalue weighted by atomic mass is 10.1. The molecule has 0 aliphatic carbocycles. The van der Waals surface area contributed by atoms with Crippen LogP contribution in [0.3, 0.4) is 0 Å². The van der Waals surface area contributed by atoms with E-state index < -0.39 is 6.10 Å². The molecule has 1 aromatic rings. The van der Waals surface area contributed by atoms with Gasteiger partial charge in [0, 0.05) is 18.8 Å². The molecule has 5 heteroatoms. The van der Waals surface area contributed by atoms with Gasteiger partial charge in [-0.15, -0.1) is 0 Å². The molecule has 1 heterocycles. The molecule has 2 rings (SSSR count). The summed E-state index contributed by atoms with van der Waals surface area (Å²) >= 11 is 0. The van der Waals surface area contributed by atoms with E-state index in [4.69, 9.17) is 0 Å². The second kappa shape index (κ2) is 8.15. The van der Waals surface area contributed by atoms with Crippen LogP contribution in [0.4, 0.5) is 10.5 Å². The molecule has 3 N–H and O–H groups in total. The third kappa shape index (κ3) is 5.31. The van der Waals surface area contributed by atoms with Gasteiger partial charge < -0.3 is 20.6 Å². The molecule has 1 saturated heterocycles. The highest BCUT2D eigenvalue weighted by Gasteiger charge is 2.15. The third-order valence-electron chi connectivity index (χ3n) is 4.06. The number of hydrogen-bond acceptors (Lipinski definition) is 3. The van der Waals surface area contributed by atoms with E-state index in [1.54, 1.807) is 0 Å². The number of carbonyl (C=O) groups excluding carboxylic acids is 1. The number of aryl methyl sites for hydroxylation is 2. The number of carbonyl (C=O) groups is 1. The van der Waals surface area contributed by atoms with Gasteiger partial charge in [0.15, 0.2) is 0 Å². The number of rotatable bonds is 5. The van der Waals surface area contributed by atoms with Gasteiger partial charge in [-0.3, -0.25) is 0 Å². The van der Waals surface area contributed by atoms with Crippen molar-refractivity contribution in [3.63, 3.8) is 0 Å². The molecule has 0 bridgehead atoms. The van der Waals surface area contributed by atoms with Gasteiger partial charge in [-0.1, -0.05) is 18.6 Å². The van der Waals surface area contributed by atoms with Crippen molar-refractivity contribution in [3.05, 3.63) is 29.3 Å². The molecule has 0 aromatic heterocycles. The molecular weight excluding hydrogens is 278 g/mol. The van der Waals surface area contributed by atoms with Crippen molar-refractivity contribution in [2.45, 2.75) is 39.2 Å². The molecule has 1 aliphatic rings. The summed E-state index contributed by atoms with van der Waals surface area (Å²) in [6, 6.07) is 5.67. The zero-order valence-electron chi connectivity index (χ0n) is 13.6. The molecule has 1 aromatic carbocycles. The van der Waals surface area contributed by atoms with Crippen molar-refractivity contribution >= 4 is 11.7 Å². The molecule has 1 fully saturated rings. The number of aliphatic hydroxyl groups excluding tert-OH is 1. The smallest absolute Gasteiger partial charge is 0.319 e. The molecule has 122 valence electrons. The molecule has 0 saturated carbocycles. The lowest BCUT2D eigenvalue weighted by molar-refractivity contribution is 0.102. The molecule has 0 spiro atoms. The minimum absolute atomic E-state index is 0.271. The zero-order chi connectivity index (χ0) is 15.9.